The van der Waals surface area contributed by atoms with E-state index < -0.39 is 5.60 Å². The monoisotopic (exact) mass is 417 g/mol. The lowest BCUT2D eigenvalue weighted by Gasteiger charge is -2.54. The maximum atomic E-state index is 12.3. The number of carbonyl (C=O) groups is 1. The topological polar surface area (TPSA) is 65.5 Å². The molecule has 166 valence electrons. The number of fused-ring (bicyclic) bond motifs is 1. The molecule has 0 unspecified atom stereocenters. The normalized spacial score (nSPS) is 21.7. The van der Waals surface area contributed by atoms with Crippen LogP contribution in [0.15, 0.2) is 12.1 Å². The van der Waals surface area contributed by atoms with Crippen molar-refractivity contribution >= 4 is 17.5 Å². The minimum Gasteiger partial charge on any atom is -0.487 e. The van der Waals surface area contributed by atoms with Crippen molar-refractivity contribution < 1.29 is 19.5 Å². The highest BCUT2D eigenvalue weighted by molar-refractivity contribution is 5.75. The van der Waals surface area contributed by atoms with Crippen LogP contribution in [0.25, 0.3) is 0 Å². The molecule has 0 aromatic heterocycles. The summed E-state index contributed by atoms with van der Waals surface area (Å²) in [4.78, 5) is 16.4. The molecule has 3 heterocycles. The number of hydroxylamine groups is 1. The average Bonchev–Trinajstić information content (AvgIpc) is 2.89. The SMILES string of the molecule is CN(O)c1cc2c(cc1N1CCC3(CC1)CN(C(=O)OC(C)(C)C)C3)OC(C)(C)C2. The van der Waals surface area contributed by atoms with Gasteiger partial charge in [-0.25, -0.2) is 4.79 Å². The van der Waals surface area contributed by atoms with Crippen LogP contribution in [0, 0.1) is 5.41 Å². The molecule has 0 saturated carbocycles. The van der Waals surface area contributed by atoms with E-state index in [1.165, 1.54) is 5.06 Å². The predicted molar refractivity (Wildman–Crippen MR) is 117 cm³/mol. The van der Waals surface area contributed by atoms with E-state index in [0.29, 0.717) is 0 Å². The summed E-state index contributed by atoms with van der Waals surface area (Å²) in [7, 11) is 1.67. The van der Waals surface area contributed by atoms with Crippen molar-refractivity contribution in [2.24, 2.45) is 5.41 Å². The molecule has 1 aromatic rings. The second-order valence-electron chi connectivity index (χ2n) is 10.8. The number of benzene rings is 1. The zero-order valence-electron chi connectivity index (χ0n) is 19.1. The van der Waals surface area contributed by atoms with Crippen molar-refractivity contribution in [1.29, 1.82) is 0 Å². The summed E-state index contributed by atoms with van der Waals surface area (Å²) in [5.74, 6) is 0.917. The van der Waals surface area contributed by atoms with Crippen LogP contribution in [0.4, 0.5) is 16.2 Å². The number of carbonyl (C=O) groups excluding carboxylic acids is 1. The molecule has 1 amide bonds. The molecule has 7 heteroatoms. The van der Waals surface area contributed by atoms with Gasteiger partial charge in [0.2, 0.25) is 0 Å². The zero-order valence-corrected chi connectivity index (χ0v) is 19.1. The molecule has 0 aliphatic carbocycles. The summed E-state index contributed by atoms with van der Waals surface area (Å²) in [6, 6.07) is 4.13. The van der Waals surface area contributed by atoms with E-state index in [2.05, 4.69) is 30.9 Å². The first-order valence-corrected chi connectivity index (χ1v) is 10.9. The van der Waals surface area contributed by atoms with Gasteiger partial charge in [-0.1, -0.05) is 0 Å². The lowest BCUT2D eigenvalue weighted by atomic mass is 9.72. The van der Waals surface area contributed by atoms with E-state index in [1.54, 1.807) is 7.05 Å². The van der Waals surface area contributed by atoms with Gasteiger partial charge in [0.05, 0.1) is 11.4 Å². The summed E-state index contributed by atoms with van der Waals surface area (Å²) in [6.45, 7) is 13.2. The van der Waals surface area contributed by atoms with Crippen LogP contribution < -0.4 is 14.7 Å². The molecule has 0 radical (unpaired) electrons. The molecular formula is C23H35N3O4. The Hall–Kier alpha value is -2.15. The van der Waals surface area contributed by atoms with Gasteiger partial charge in [0, 0.05) is 56.7 Å². The lowest BCUT2D eigenvalue weighted by molar-refractivity contribution is -0.0434. The summed E-state index contributed by atoms with van der Waals surface area (Å²) in [6.07, 6.45) is 2.67. The van der Waals surface area contributed by atoms with Crippen LogP contribution in [0.5, 0.6) is 5.75 Å². The second-order valence-corrected chi connectivity index (χ2v) is 10.8. The maximum Gasteiger partial charge on any atom is 0.410 e. The van der Waals surface area contributed by atoms with E-state index in [1.807, 2.05) is 25.7 Å². The van der Waals surface area contributed by atoms with Gasteiger partial charge in [-0.05, 0) is 53.5 Å². The van der Waals surface area contributed by atoms with Crippen LogP contribution in [-0.2, 0) is 11.2 Å². The Balaban J connectivity index is 1.43. The van der Waals surface area contributed by atoms with Gasteiger partial charge in [0.15, 0.2) is 0 Å². The summed E-state index contributed by atoms with van der Waals surface area (Å²) < 4.78 is 11.6. The Morgan fingerprint density at radius 3 is 2.40 bits per heavy atom. The molecule has 4 rings (SSSR count). The zero-order chi connectivity index (χ0) is 21.9. The van der Waals surface area contributed by atoms with Gasteiger partial charge >= 0.3 is 6.09 Å². The van der Waals surface area contributed by atoms with Gasteiger partial charge in [0.25, 0.3) is 0 Å². The minimum atomic E-state index is -0.458. The number of anilines is 2. The quantitative estimate of drug-likeness (QED) is 0.732. The summed E-state index contributed by atoms with van der Waals surface area (Å²) >= 11 is 0. The first-order valence-electron chi connectivity index (χ1n) is 10.9. The molecule has 1 N–H and O–H groups in total. The molecule has 2 saturated heterocycles. The number of nitrogens with zero attached hydrogens (tertiary/aromatic N) is 3. The molecule has 2 fully saturated rings. The Morgan fingerprint density at radius 1 is 1.20 bits per heavy atom. The fourth-order valence-corrected chi connectivity index (χ4v) is 4.90. The summed E-state index contributed by atoms with van der Waals surface area (Å²) in [5, 5.41) is 11.5. The fourth-order valence-electron chi connectivity index (χ4n) is 4.90. The van der Waals surface area contributed by atoms with Crippen molar-refractivity contribution in [3.63, 3.8) is 0 Å². The summed E-state index contributed by atoms with van der Waals surface area (Å²) in [5.41, 5.74) is 2.48. The third-order valence-corrected chi connectivity index (χ3v) is 6.38. The van der Waals surface area contributed by atoms with E-state index in [4.69, 9.17) is 9.47 Å². The Bertz CT molecular complexity index is 828. The largest absolute Gasteiger partial charge is 0.487 e. The fraction of sp³-hybridized carbons (Fsp3) is 0.696. The number of hydrogen-bond donors (Lipinski definition) is 1. The van der Waals surface area contributed by atoms with Gasteiger partial charge < -0.3 is 19.3 Å². The molecule has 1 aromatic carbocycles. The standard InChI is InChI=1S/C23H35N3O4/c1-21(2,3)30-20(27)26-14-23(15-26)7-9-25(10-8-23)18-12-19-16(11-17(18)24(6)28)13-22(4,5)29-19/h11-12,28H,7-10,13-15H2,1-6H3. The van der Waals surface area contributed by atoms with Crippen molar-refractivity contribution in [2.75, 3.05) is 43.2 Å². The average molecular weight is 418 g/mol. The third kappa shape index (κ3) is 4.04. The highest BCUT2D eigenvalue weighted by Crippen LogP contribution is 2.46. The van der Waals surface area contributed by atoms with Crippen molar-refractivity contribution in [2.45, 2.75) is 65.1 Å². The van der Waals surface area contributed by atoms with E-state index in [-0.39, 0.29) is 17.1 Å². The lowest BCUT2D eigenvalue weighted by Crippen LogP contribution is -2.62. The molecule has 3 aliphatic rings. The molecule has 7 nitrogen and oxygen atoms in total. The first-order chi connectivity index (χ1) is 13.9. The third-order valence-electron chi connectivity index (χ3n) is 6.38. The van der Waals surface area contributed by atoms with Crippen molar-refractivity contribution in [1.82, 2.24) is 4.90 Å². The first kappa shape index (κ1) is 21.1. The van der Waals surface area contributed by atoms with Crippen LogP contribution in [0.3, 0.4) is 0 Å². The van der Waals surface area contributed by atoms with Gasteiger partial charge in [0.1, 0.15) is 17.0 Å². The van der Waals surface area contributed by atoms with E-state index in [9.17, 15) is 10.0 Å². The van der Waals surface area contributed by atoms with Crippen molar-refractivity contribution in [3.8, 4) is 5.75 Å². The van der Waals surface area contributed by atoms with Crippen molar-refractivity contribution in [3.05, 3.63) is 17.7 Å². The Kier molecular flexibility index (Phi) is 4.88. The number of amides is 1. The van der Waals surface area contributed by atoms with Gasteiger partial charge in [-0.15, -0.1) is 0 Å². The minimum absolute atomic E-state index is 0.188. The predicted octanol–water partition coefficient (Wildman–Crippen LogP) is 4.06. The van der Waals surface area contributed by atoms with E-state index >= 15 is 0 Å². The molecule has 3 aliphatic heterocycles. The maximum absolute atomic E-state index is 12.3. The molecule has 30 heavy (non-hydrogen) atoms. The number of hydrogen-bond acceptors (Lipinski definition) is 6. The Morgan fingerprint density at radius 2 is 1.83 bits per heavy atom. The number of likely N-dealkylation sites (tertiary alicyclic amines) is 1. The van der Waals surface area contributed by atoms with Crippen LogP contribution >= 0.6 is 0 Å². The molecule has 1 spiro atoms. The molecule has 0 bridgehead atoms. The number of rotatable bonds is 2. The van der Waals surface area contributed by atoms with Crippen LogP contribution in [0.1, 0.15) is 53.0 Å². The highest BCUT2D eigenvalue weighted by atomic mass is 16.6. The molecule has 0 atom stereocenters. The smallest absolute Gasteiger partial charge is 0.410 e. The Labute approximate surface area is 179 Å². The second kappa shape index (κ2) is 6.94. The van der Waals surface area contributed by atoms with Crippen LogP contribution in [-0.4, -0.2) is 60.6 Å². The number of piperidine rings is 1. The number of ether oxygens (including phenoxy) is 2. The highest BCUT2D eigenvalue weighted by Gasteiger charge is 2.48. The van der Waals surface area contributed by atoms with Crippen LogP contribution in [0.2, 0.25) is 0 Å². The van der Waals surface area contributed by atoms with Gasteiger partial charge in [-0.2, -0.15) is 0 Å². The molecular weight excluding hydrogens is 382 g/mol. The van der Waals surface area contributed by atoms with Gasteiger partial charge in [-0.3, -0.25) is 10.3 Å². The van der Waals surface area contributed by atoms with E-state index in [0.717, 1.165) is 68.1 Å².